The van der Waals surface area contributed by atoms with Gasteiger partial charge in [0, 0.05) is 0 Å². The van der Waals surface area contributed by atoms with E-state index >= 15 is 0 Å². The van der Waals surface area contributed by atoms with Gasteiger partial charge in [0.25, 0.3) is 0 Å². The summed E-state index contributed by atoms with van der Waals surface area (Å²) in [6.07, 6.45) is 15.8. The van der Waals surface area contributed by atoms with Gasteiger partial charge < -0.3 is 0 Å². The van der Waals surface area contributed by atoms with Crippen molar-refractivity contribution in [2.24, 2.45) is 5.92 Å². The normalized spacial score (nSPS) is 26.5. The smallest absolute Gasteiger partial charge is 0.00202 e. The van der Waals surface area contributed by atoms with Gasteiger partial charge >= 0.3 is 0 Å². The van der Waals surface area contributed by atoms with E-state index in [1.807, 2.05) is 0 Å². The van der Waals surface area contributed by atoms with Crippen LogP contribution in [0.5, 0.6) is 0 Å². The molecule has 3 rings (SSSR count). The molecule has 0 radical (unpaired) electrons. The number of fused-ring (bicyclic) bond motifs is 3. The molecule has 0 saturated carbocycles. The zero-order chi connectivity index (χ0) is 12.7. The van der Waals surface area contributed by atoms with Gasteiger partial charge in [0.2, 0.25) is 0 Å². The lowest BCUT2D eigenvalue weighted by atomic mass is 9.81. The van der Waals surface area contributed by atoms with Crippen molar-refractivity contribution in [1.82, 2.24) is 0 Å². The molecule has 18 heavy (non-hydrogen) atoms. The van der Waals surface area contributed by atoms with Crippen molar-refractivity contribution in [3.05, 3.63) is 69.9 Å². The van der Waals surface area contributed by atoms with Crippen LogP contribution in [0.3, 0.4) is 0 Å². The van der Waals surface area contributed by atoms with Crippen molar-refractivity contribution in [3.63, 3.8) is 0 Å². The average Bonchev–Trinajstić information content (AvgIpc) is 2.66. The van der Waals surface area contributed by atoms with E-state index in [0.29, 0.717) is 5.92 Å². The molecule has 0 N–H and O–H groups in total. The van der Waals surface area contributed by atoms with E-state index in [2.05, 4.69) is 57.2 Å². The highest BCUT2D eigenvalue weighted by atomic mass is 14.3. The quantitative estimate of drug-likeness (QED) is 0.552. The topological polar surface area (TPSA) is 0 Å². The molecule has 3 aliphatic carbocycles. The molecule has 0 amide bonds. The highest BCUT2D eigenvalue weighted by molar-refractivity contribution is 5.62. The number of hydrogen-bond acceptors (Lipinski definition) is 0. The van der Waals surface area contributed by atoms with Crippen LogP contribution in [0, 0.1) is 5.92 Å². The molecule has 0 saturated heterocycles. The van der Waals surface area contributed by atoms with Crippen molar-refractivity contribution < 1.29 is 0 Å². The van der Waals surface area contributed by atoms with Crippen LogP contribution in [0.15, 0.2) is 69.9 Å². The largest absolute Gasteiger partial charge is 0.0833 e. The molecule has 0 aromatic heterocycles. The van der Waals surface area contributed by atoms with Crippen molar-refractivity contribution >= 4 is 0 Å². The van der Waals surface area contributed by atoms with Gasteiger partial charge in [-0.3, -0.25) is 0 Å². The van der Waals surface area contributed by atoms with Crippen molar-refractivity contribution in [3.8, 4) is 0 Å². The fourth-order valence-corrected chi connectivity index (χ4v) is 3.29. The summed E-state index contributed by atoms with van der Waals surface area (Å²) in [5, 5.41) is 0. The Hall–Kier alpha value is -1.56. The molecule has 1 unspecified atom stereocenters. The second-order valence-electron chi connectivity index (χ2n) is 5.56. The number of rotatable bonds is 0. The SMILES string of the molecule is CC1=C2C=CCC(C)C2=C(C)C2=CC=CC=C1C2. The van der Waals surface area contributed by atoms with Gasteiger partial charge in [-0.2, -0.15) is 0 Å². The summed E-state index contributed by atoms with van der Waals surface area (Å²) in [7, 11) is 0. The molecule has 1 atom stereocenters. The third-order valence-corrected chi connectivity index (χ3v) is 4.42. The van der Waals surface area contributed by atoms with Gasteiger partial charge in [-0.25, -0.2) is 0 Å². The lowest BCUT2D eigenvalue weighted by molar-refractivity contribution is 0.685. The van der Waals surface area contributed by atoms with E-state index in [9.17, 15) is 0 Å². The molecule has 92 valence electrons. The minimum absolute atomic E-state index is 0.645. The first-order chi connectivity index (χ1) is 8.68. The summed E-state index contributed by atoms with van der Waals surface area (Å²) in [6, 6.07) is 0. The molecule has 0 heterocycles. The molecule has 3 aliphatic rings. The summed E-state index contributed by atoms with van der Waals surface area (Å²) < 4.78 is 0. The van der Waals surface area contributed by atoms with Gasteiger partial charge in [0.15, 0.2) is 0 Å². The third kappa shape index (κ3) is 1.68. The van der Waals surface area contributed by atoms with E-state index in [0.717, 1.165) is 6.42 Å². The highest BCUT2D eigenvalue weighted by Gasteiger charge is 2.25. The average molecular weight is 236 g/mol. The van der Waals surface area contributed by atoms with Crippen LogP contribution < -0.4 is 0 Å². The summed E-state index contributed by atoms with van der Waals surface area (Å²) >= 11 is 0. The highest BCUT2D eigenvalue weighted by Crippen LogP contribution is 2.42. The summed E-state index contributed by atoms with van der Waals surface area (Å²) in [5.74, 6) is 0.645. The predicted molar refractivity (Wildman–Crippen MR) is 78.2 cm³/mol. The first-order valence-corrected chi connectivity index (χ1v) is 6.84. The molecular weight excluding hydrogens is 216 g/mol. The van der Waals surface area contributed by atoms with Crippen molar-refractivity contribution in [1.29, 1.82) is 0 Å². The summed E-state index contributed by atoms with van der Waals surface area (Å²) in [4.78, 5) is 0. The Morgan fingerprint density at radius 1 is 1.00 bits per heavy atom. The second kappa shape index (κ2) is 4.28. The molecule has 0 heteroatoms. The summed E-state index contributed by atoms with van der Waals surface area (Å²) in [5.41, 5.74) is 8.95. The van der Waals surface area contributed by atoms with Crippen LogP contribution in [0.1, 0.15) is 33.6 Å². The van der Waals surface area contributed by atoms with Crippen molar-refractivity contribution in [2.75, 3.05) is 0 Å². The zero-order valence-corrected chi connectivity index (χ0v) is 11.5. The van der Waals surface area contributed by atoms with Crippen LogP contribution in [0.2, 0.25) is 0 Å². The van der Waals surface area contributed by atoms with E-state index in [4.69, 9.17) is 0 Å². The molecule has 0 aliphatic heterocycles. The fraction of sp³-hybridized carbons (Fsp3) is 0.333. The van der Waals surface area contributed by atoms with E-state index < -0.39 is 0 Å². The second-order valence-corrected chi connectivity index (χ2v) is 5.56. The zero-order valence-electron chi connectivity index (χ0n) is 11.5. The molecule has 0 aromatic rings. The van der Waals surface area contributed by atoms with Gasteiger partial charge in [-0.15, -0.1) is 0 Å². The minimum atomic E-state index is 0.645. The van der Waals surface area contributed by atoms with E-state index in [1.165, 1.54) is 34.3 Å². The molecule has 0 nitrogen and oxygen atoms in total. The fourth-order valence-electron chi connectivity index (χ4n) is 3.29. The number of hydrogen-bond donors (Lipinski definition) is 0. The molecule has 0 fully saturated rings. The van der Waals surface area contributed by atoms with Gasteiger partial charge in [0.05, 0.1) is 0 Å². The van der Waals surface area contributed by atoms with Crippen LogP contribution in [0.25, 0.3) is 0 Å². The third-order valence-electron chi connectivity index (χ3n) is 4.42. The maximum Gasteiger partial charge on any atom is -0.00202 e. The van der Waals surface area contributed by atoms with Crippen LogP contribution in [-0.2, 0) is 0 Å². The van der Waals surface area contributed by atoms with Crippen LogP contribution in [-0.4, -0.2) is 0 Å². The Morgan fingerprint density at radius 3 is 2.39 bits per heavy atom. The Bertz CT molecular complexity index is 571. The Balaban J connectivity index is 2.32. The first kappa shape index (κ1) is 11.5. The minimum Gasteiger partial charge on any atom is -0.0833 e. The van der Waals surface area contributed by atoms with Gasteiger partial charge in [-0.05, 0) is 66.0 Å². The molecule has 0 aromatic carbocycles. The maximum absolute atomic E-state index is 2.35. The monoisotopic (exact) mass is 236 g/mol. The summed E-state index contributed by atoms with van der Waals surface area (Å²) in [6.45, 7) is 6.93. The maximum atomic E-state index is 2.35. The van der Waals surface area contributed by atoms with Crippen LogP contribution in [0.4, 0.5) is 0 Å². The Labute approximate surface area is 110 Å². The van der Waals surface area contributed by atoms with Gasteiger partial charge in [-0.1, -0.05) is 43.4 Å². The standard InChI is InChI=1S/C18H20/c1-12-7-6-10-17-13(2)15-8-4-5-9-16(11-15)14(3)18(12)17/h4-6,8-10,12H,7,11H2,1-3H3. The van der Waals surface area contributed by atoms with E-state index in [1.54, 1.807) is 5.57 Å². The van der Waals surface area contributed by atoms with Gasteiger partial charge in [0.1, 0.15) is 0 Å². The Kier molecular flexibility index (Phi) is 2.74. The Morgan fingerprint density at radius 2 is 1.67 bits per heavy atom. The van der Waals surface area contributed by atoms with E-state index in [-0.39, 0.29) is 0 Å². The lowest BCUT2D eigenvalue weighted by Crippen LogP contribution is -2.08. The predicted octanol–water partition coefficient (Wildman–Crippen LogP) is 5.04. The first-order valence-electron chi connectivity index (χ1n) is 6.84. The molecule has 0 spiro atoms. The van der Waals surface area contributed by atoms with Crippen LogP contribution >= 0.6 is 0 Å². The lowest BCUT2D eigenvalue weighted by Gasteiger charge is -2.24. The van der Waals surface area contributed by atoms with Crippen molar-refractivity contribution in [2.45, 2.75) is 33.6 Å². The number of allylic oxidation sites excluding steroid dienone is 12. The molecular formula is C18H20. The molecule has 2 bridgehead atoms.